The summed E-state index contributed by atoms with van der Waals surface area (Å²) in [5.41, 5.74) is 11.9. The molecule has 0 saturated heterocycles. The molecule has 0 aliphatic rings. The van der Waals surface area contributed by atoms with Gasteiger partial charge in [0.2, 0.25) is 0 Å². The van der Waals surface area contributed by atoms with Crippen LogP contribution < -0.4 is 4.40 Å². The molecule has 3 aromatic heterocycles. The Hall–Kier alpha value is -3.83. The van der Waals surface area contributed by atoms with E-state index in [-0.39, 0.29) is 20.1 Å². The molecular formula is C42H40GeIrN2O-2. The number of hydrogen-bond acceptors (Lipinski definition) is 3. The van der Waals surface area contributed by atoms with E-state index < -0.39 is 13.3 Å². The monoisotopic (exact) mass is 855 g/mol. The number of aryl methyl sites for hydroxylation is 2. The largest absolute Gasteiger partial charge is 0 e. The molecule has 7 aromatic rings. The fraction of sp³-hybridized carbons (Fsp3) is 0.190. The van der Waals surface area contributed by atoms with E-state index in [0.717, 1.165) is 44.5 Å². The van der Waals surface area contributed by atoms with Gasteiger partial charge in [-0.1, -0.05) is 66.8 Å². The molecule has 239 valence electrons. The Morgan fingerprint density at radius 3 is 2.17 bits per heavy atom. The Kier molecular flexibility index (Phi) is 10.7. The van der Waals surface area contributed by atoms with Gasteiger partial charge in [0.1, 0.15) is 5.58 Å². The van der Waals surface area contributed by atoms with E-state index in [1.807, 2.05) is 42.7 Å². The van der Waals surface area contributed by atoms with Crippen LogP contribution in [-0.2, 0) is 20.1 Å². The molecule has 0 spiro atoms. The van der Waals surface area contributed by atoms with Crippen LogP contribution in [0.1, 0.15) is 36.5 Å². The molecule has 7 rings (SSSR count). The molecule has 0 saturated carbocycles. The molecule has 0 fully saturated rings. The molecule has 0 bridgehead atoms. The van der Waals surface area contributed by atoms with Crippen LogP contribution >= 0.6 is 0 Å². The maximum Gasteiger partial charge on any atom is 0 e. The molecule has 0 aliphatic heterocycles. The molecule has 3 nitrogen and oxygen atoms in total. The first-order chi connectivity index (χ1) is 22.1. The predicted molar refractivity (Wildman–Crippen MR) is 196 cm³/mol. The normalized spacial score (nSPS) is 11.3. The fourth-order valence-electron chi connectivity index (χ4n) is 5.85. The predicted octanol–water partition coefficient (Wildman–Crippen LogP) is 10.9. The zero-order chi connectivity index (χ0) is 32.4. The summed E-state index contributed by atoms with van der Waals surface area (Å²) in [6.07, 6.45) is 3.91. The number of hydrogen-bond donors (Lipinski definition) is 0. The number of pyridine rings is 2. The first-order valence-corrected chi connectivity index (χ1v) is 23.3. The molecule has 47 heavy (non-hydrogen) atoms. The number of benzene rings is 4. The third-order valence-electron chi connectivity index (χ3n) is 8.52. The molecule has 4 aromatic carbocycles. The van der Waals surface area contributed by atoms with Crippen LogP contribution in [0.15, 0.2) is 114 Å². The van der Waals surface area contributed by atoms with Gasteiger partial charge in [-0.25, -0.2) is 0 Å². The Labute approximate surface area is 295 Å². The van der Waals surface area contributed by atoms with E-state index in [1.54, 1.807) is 0 Å². The van der Waals surface area contributed by atoms with Crippen LogP contribution in [0.25, 0.3) is 55.6 Å². The van der Waals surface area contributed by atoms with Gasteiger partial charge in [-0.2, -0.15) is 0 Å². The van der Waals surface area contributed by atoms with E-state index in [0.29, 0.717) is 5.92 Å². The Morgan fingerprint density at radius 1 is 0.723 bits per heavy atom. The smallest absolute Gasteiger partial charge is 0 e. The van der Waals surface area contributed by atoms with Crippen molar-refractivity contribution in [2.75, 3.05) is 0 Å². The second kappa shape index (κ2) is 14.5. The van der Waals surface area contributed by atoms with E-state index in [2.05, 4.69) is 134 Å². The molecule has 5 heteroatoms. The van der Waals surface area contributed by atoms with Crippen molar-refractivity contribution in [3.05, 3.63) is 138 Å². The van der Waals surface area contributed by atoms with Crippen molar-refractivity contribution < 1.29 is 24.5 Å². The van der Waals surface area contributed by atoms with Crippen LogP contribution in [0.3, 0.4) is 0 Å². The van der Waals surface area contributed by atoms with Crippen LogP contribution in [0.5, 0.6) is 0 Å². The van der Waals surface area contributed by atoms with Gasteiger partial charge in [0.05, 0.1) is 5.58 Å². The first kappa shape index (κ1) is 34.5. The van der Waals surface area contributed by atoms with Crippen molar-refractivity contribution in [1.82, 2.24) is 9.97 Å². The second-order valence-corrected chi connectivity index (χ2v) is 23.9. The zero-order valence-corrected chi connectivity index (χ0v) is 32.6. The summed E-state index contributed by atoms with van der Waals surface area (Å²) in [6.45, 7) is 8.70. The number of aromatic nitrogens is 2. The van der Waals surface area contributed by atoms with Crippen molar-refractivity contribution in [2.24, 2.45) is 0 Å². The van der Waals surface area contributed by atoms with E-state index >= 15 is 0 Å². The van der Waals surface area contributed by atoms with Crippen molar-refractivity contribution in [1.29, 1.82) is 0 Å². The molecule has 0 amide bonds. The summed E-state index contributed by atoms with van der Waals surface area (Å²) >= 11 is -1.72. The van der Waals surface area contributed by atoms with Gasteiger partial charge in [0.25, 0.3) is 0 Å². The third kappa shape index (κ3) is 7.51. The molecule has 0 N–H and O–H groups in total. The van der Waals surface area contributed by atoms with Gasteiger partial charge in [-0.3, -0.25) is 0 Å². The minimum absolute atomic E-state index is 0. The van der Waals surface area contributed by atoms with Gasteiger partial charge >= 0.3 is 99.8 Å². The van der Waals surface area contributed by atoms with Crippen molar-refractivity contribution in [2.45, 2.75) is 50.9 Å². The maximum atomic E-state index is 6.41. The minimum atomic E-state index is -1.72. The van der Waals surface area contributed by atoms with E-state index in [4.69, 9.17) is 4.42 Å². The summed E-state index contributed by atoms with van der Waals surface area (Å²) < 4.78 is 7.85. The zero-order valence-electron chi connectivity index (χ0n) is 28.1. The first-order valence-electron chi connectivity index (χ1n) is 15.9. The standard InChI is InChI=1S/C28H24NO.C14H16GeN.Ir/c1-17(2)20-13-14-29-25(15-20)24-10-6-9-23-22-12-11-21(16-26(22)30-28(23)24)27-18(3)7-5-8-19(27)4;1-15(2,3)13-9-10-14(16-11-13)12-7-5-4-6-8-12;/h5-9,11-17H,1-4H3;4-7,9-11H,1-3H3;/q2*-1;. The number of nitrogens with zero attached hydrogens (tertiary/aromatic N) is 2. The maximum absolute atomic E-state index is 6.41. The summed E-state index contributed by atoms with van der Waals surface area (Å²) in [4.78, 5) is 9.14. The third-order valence-corrected chi connectivity index (χ3v) is 12.8. The minimum Gasteiger partial charge on any atom is 0 e. The van der Waals surface area contributed by atoms with Crippen LogP contribution in [-0.4, -0.2) is 23.2 Å². The molecule has 3 heterocycles. The number of furan rings is 1. The average Bonchev–Trinajstić information content (AvgIpc) is 3.43. The second-order valence-electron chi connectivity index (χ2n) is 13.3. The topological polar surface area (TPSA) is 38.9 Å². The van der Waals surface area contributed by atoms with Crippen LogP contribution in [0.2, 0.25) is 17.3 Å². The molecule has 1 radical (unpaired) electrons. The van der Waals surface area contributed by atoms with Crippen molar-refractivity contribution >= 4 is 39.6 Å². The van der Waals surface area contributed by atoms with Crippen LogP contribution in [0.4, 0.5) is 0 Å². The summed E-state index contributed by atoms with van der Waals surface area (Å²) in [7, 11) is 0. The number of rotatable bonds is 5. The SMILES string of the molecule is Cc1cccc(C)c1-c1ccc2c(c1)oc1c(-c3cc(C(C)C)ccn3)[c-]ccc12.[CH3][Ge]([CH3])([CH3])[c]1ccc(-c2[c-]cccc2)nc1.[Ir]. The number of fused-ring (bicyclic) bond motifs is 3. The summed E-state index contributed by atoms with van der Waals surface area (Å²) in [5, 5.41) is 2.22. The fourth-order valence-corrected chi connectivity index (χ4v) is 8.02. The molecule has 0 atom stereocenters. The van der Waals surface area contributed by atoms with Gasteiger partial charge in [-0.05, 0) is 59.8 Å². The Bertz CT molecular complexity index is 2110. The molecule has 0 aliphatic carbocycles. The quantitative estimate of drug-likeness (QED) is 0.128. The van der Waals surface area contributed by atoms with Crippen molar-refractivity contribution in [3.63, 3.8) is 0 Å². The van der Waals surface area contributed by atoms with E-state index in [9.17, 15) is 0 Å². The Balaban J connectivity index is 0.000000217. The molecular weight excluding hydrogens is 813 g/mol. The van der Waals surface area contributed by atoms with Crippen LogP contribution in [0, 0.1) is 26.0 Å². The van der Waals surface area contributed by atoms with Gasteiger partial charge in [-0.15, -0.1) is 18.2 Å². The molecule has 0 unspecified atom stereocenters. The average molecular weight is 854 g/mol. The van der Waals surface area contributed by atoms with Gasteiger partial charge < -0.3 is 9.40 Å². The van der Waals surface area contributed by atoms with Gasteiger partial charge in [0.15, 0.2) is 0 Å². The summed E-state index contributed by atoms with van der Waals surface area (Å²) in [6, 6.07) is 40.1. The van der Waals surface area contributed by atoms with E-state index in [1.165, 1.54) is 32.2 Å². The Morgan fingerprint density at radius 2 is 1.51 bits per heavy atom. The van der Waals surface area contributed by atoms with Crippen molar-refractivity contribution in [3.8, 4) is 33.6 Å². The van der Waals surface area contributed by atoms with Gasteiger partial charge in [0, 0.05) is 31.7 Å². The summed E-state index contributed by atoms with van der Waals surface area (Å²) in [5.74, 6) is 7.59.